The van der Waals surface area contributed by atoms with Crippen molar-refractivity contribution in [2.24, 2.45) is 0 Å². The molecule has 0 fully saturated rings. The molecule has 1 aromatic heterocycles. The first kappa shape index (κ1) is 15.4. The van der Waals surface area contributed by atoms with Crippen molar-refractivity contribution in [2.75, 3.05) is 6.54 Å². The minimum atomic E-state index is 0.301. The largest absolute Gasteiger partial charge is 0.309 e. The van der Waals surface area contributed by atoms with Gasteiger partial charge in [0, 0.05) is 27.9 Å². The van der Waals surface area contributed by atoms with E-state index in [2.05, 4.69) is 48.4 Å². The van der Waals surface area contributed by atoms with Gasteiger partial charge in [-0.15, -0.1) is 11.8 Å². The molecule has 0 amide bonds. The Morgan fingerprint density at radius 1 is 1.20 bits per heavy atom. The first-order valence-electron chi connectivity index (χ1n) is 6.75. The van der Waals surface area contributed by atoms with Crippen LogP contribution in [-0.2, 0) is 5.75 Å². The Bertz CT molecular complexity index is 525. The van der Waals surface area contributed by atoms with Crippen molar-refractivity contribution in [1.29, 1.82) is 0 Å². The van der Waals surface area contributed by atoms with Crippen molar-refractivity contribution in [3.63, 3.8) is 0 Å². The molecule has 0 saturated carbocycles. The molecule has 4 heteroatoms. The lowest BCUT2D eigenvalue weighted by Crippen LogP contribution is -2.18. The van der Waals surface area contributed by atoms with E-state index in [1.54, 1.807) is 11.8 Å². The van der Waals surface area contributed by atoms with Crippen LogP contribution in [0, 0.1) is 0 Å². The summed E-state index contributed by atoms with van der Waals surface area (Å²) in [6.07, 6.45) is 1.95. The quantitative estimate of drug-likeness (QED) is 0.783. The monoisotopic (exact) mass is 306 g/mol. The molecule has 2 nitrogen and oxygen atoms in total. The second-order valence-corrected chi connectivity index (χ2v) is 6.10. The molecule has 106 valence electrons. The van der Waals surface area contributed by atoms with Crippen LogP contribution >= 0.6 is 23.4 Å². The number of aromatic nitrogens is 1. The van der Waals surface area contributed by atoms with E-state index >= 15 is 0 Å². The van der Waals surface area contributed by atoms with Crippen molar-refractivity contribution in [3.8, 4) is 0 Å². The molecule has 0 radical (unpaired) electrons. The topological polar surface area (TPSA) is 24.9 Å². The van der Waals surface area contributed by atoms with Crippen LogP contribution in [0.3, 0.4) is 0 Å². The Balaban J connectivity index is 1.92. The maximum absolute atomic E-state index is 5.88. The zero-order valence-electron chi connectivity index (χ0n) is 11.8. The van der Waals surface area contributed by atoms with Crippen LogP contribution in [0.15, 0.2) is 47.5 Å². The molecular formula is C16H19ClN2S. The molecular weight excluding hydrogens is 288 g/mol. The highest BCUT2D eigenvalue weighted by molar-refractivity contribution is 7.98. The predicted octanol–water partition coefficient (Wildman–Crippen LogP) is 4.70. The van der Waals surface area contributed by atoms with Crippen LogP contribution in [0.5, 0.6) is 0 Å². The molecule has 2 aromatic rings. The summed E-state index contributed by atoms with van der Waals surface area (Å²) >= 11 is 7.67. The van der Waals surface area contributed by atoms with E-state index in [-0.39, 0.29) is 0 Å². The molecule has 0 bridgehead atoms. The smallest absolute Gasteiger partial charge is 0.0571 e. The third-order valence-electron chi connectivity index (χ3n) is 3.03. The van der Waals surface area contributed by atoms with Gasteiger partial charge in [-0.1, -0.05) is 30.7 Å². The number of thioether (sulfide) groups is 1. The Kier molecular flexibility index (Phi) is 5.89. The summed E-state index contributed by atoms with van der Waals surface area (Å²) in [5.74, 6) is 0.932. The van der Waals surface area contributed by atoms with Gasteiger partial charge in [-0.25, -0.2) is 0 Å². The minimum Gasteiger partial charge on any atom is -0.309 e. The van der Waals surface area contributed by atoms with Crippen molar-refractivity contribution in [3.05, 3.63) is 58.9 Å². The third-order valence-corrected chi connectivity index (χ3v) is 4.34. The number of benzene rings is 1. The molecule has 1 heterocycles. The average Bonchev–Trinajstić information content (AvgIpc) is 2.47. The first-order chi connectivity index (χ1) is 9.69. The van der Waals surface area contributed by atoms with Gasteiger partial charge in [-0.05, 0) is 43.3 Å². The molecule has 2 rings (SSSR count). The zero-order valence-corrected chi connectivity index (χ0v) is 13.3. The standard InChI is InChI=1S/C16H19ClN2S/c1-3-18-12(2)16-9-8-15(10-19-16)20-11-13-4-6-14(17)7-5-13/h4-10,12,18H,3,11H2,1-2H3. The van der Waals surface area contributed by atoms with Gasteiger partial charge in [0.1, 0.15) is 0 Å². The van der Waals surface area contributed by atoms with E-state index in [1.807, 2.05) is 18.3 Å². The van der Waals surface area contributed by atoms with E-state index in [0.29, 0.717) is 6.04 Å². The molecule has 0 aliphatic carbocycles. The normalized spacial score (nSPS) is 12.3. The minimum absolute atomic E-state index is 0.301. The Morgan fingerprint density at radius 3 is 2.55 bits per heavy atom. The summed E-state index contributed by atoms with van der Waals surface area (Å²) in [5.41, 5.74) is 2.35. The SMILES string of the molecule is CCNC(C)c1ccc(SCc2ccc(Cl)cc2)cn1. The molecule has 1 atom stereocenters. The maximum Gasteiger partial charge on any atom is 0.0571 e. The van der Waals surface area contributed by atoms with Gasteiger partial charge in [0.15, 0.2) is 0 Å². The highest BCUT2D eigenvalue weighted by atomic mass is 35.5. The number of pyridine rings is 1. The first-order valence-corrected chi connectivity index (χ1v) is 8.12. The fourth-order valence-corrected chi connectivity index (χ4v) is 2.83. The van der Waals surface area contributed by atoms with E-state index < -0.39 is 0 Å². The predicted molar refractivity (Wildman–Crippen MR) is 87.3 cm³/mol. The molecule has 0 aliphatic heterocycles. The number of nitrogens with one attached hydrogen (secondary N) is 1. The van der Waals surface area contributed by atoms with Crippen molar-refractivity contribution < 1.29 is 0 Å². The molecule has 1 aromatic carbocycles. The summed E-state index contributed by atoms with van der Waals surface area (Å²) in [5, 5.41) is 4.14. The lowest BCUT2D eigenvalue weighted by Gasteiger charge is -2.11. The van der Waals surface area contributed by atoms with Gasteiger partial charge >= 0.3 is 0 Å². The van der Waals surface area contributed by atoms with E-state index in [0.717, 1.165) is 23.0 Å². The van der Waals surface area contributed by atoms with Crippen molar-refractivity contribution in [2.45, 2.75) is 30.5 Å². The van der Waals surface area contributed by atoms with Gasteiger partial charge in [-0.3, -0.25) is 4.98 Å². The van der Waals surface area contributed by atoms with Crippen LogP contribution in [0.1, 0.15) is 31.1 Å². The van der Waals surface area contributed by atoms with E-state index in [4.69, 9.17) is 11.6 Å². The molecule has 0 spiro atoms. The van der Waals surface area contributed by atoms with Gasteiger partial charge < -0.3 is 5.32 Å². The van der Waals surface area contributed by atoms with Gasteiger partial charge in [0.05, 0.1) is 5.69 Å². The molecule has 20 heavy (non-hydrogen) atoms. The van der Waals surface area contributed by atoms with Crippen molar-refractivity contribution >= 4 is 23.4 Å². The maximum atomic E-state index is 5.88. The van der Waals surface area contributed by atoms with Gasteiger partial charge in [0.2, 0.25) is 0 Å². The lowest BCUT2D eigenvalue weighted by molar-refractivity contribution is 0.582. The van der Waals surface area contributed by atoms with E-state index in [9.17, 15) is 0 Å². The molecule has 1 unspecified atom stereocenters. The van der Waals surface area contributed by atoms with Crippen molar-refractivity contribution in [1.82, 2.24) is 10.3 Å². The zero-order chi connectivity index (χ0) is 14.4. The Hall–Kier alpha value is -1.03. The molecule has 1 N–H and O–H groups in total. The highest BCUT2D eigenvalue weighted by Crippen LogP contribution is 2.23. The Morgan fingerprint density at radius 2 is 1.95 bits per heavy atom. The van der Waals surface area contributed by atoms with Crippen LogP contribution < -0.4 is 5.32 Å². The van der Waals surface area contributed by atoms with Gasteiger partial charge in [-0.2, -0.15) is 0 Å². The van der Waals surface area contributed by atoms with Crippen LogP contribution in [0.25, 0.3) is 0 Å². The highest BCUT2D eigenvalue weighted by Gasteiger charge is 2.05. The number of nitrogens with zero attached hydrogens (tertiary/aromatic N) is 1. The molecule has 0 aliphatic rings. The van der Waals surface area contributed by atoms with E-state index in [1.165, 1.54) is 10.5 Å². The fraction of sp³-hybridized carbons (Fsp3) is 0.312. The number of hydrogen-bond donors (Lipinski definition) is 1. The fourth-order valence-electron chi connectivity index (χ4n) is 1.89. The second-order valence-electron chi connectivity index (χ2n) is 4.61. The van der Waals surface area contributed by atoms with Crippen LogP contribution in [0.2, 0.25) is 5.02 Å². The Labute approximate surface area is 130 Å². The van der Waals surface area contributed by atoms with Gasteiger partial charge in [0.25, 0.3) is 0 Å². The molecule has 0 saturated heterocycles. The summed E-state index contributed by atoms with van der Waals surface area (Å²) in [6, 6.07) is 12.5. The summed E-state index contributed by atoms with van der Waals surface area (Å²) in [4.78, 5) is 5.71. The number of rotatable bonds is 6. The average molecular weight is 307 g/mol. The second kappa shape index (κ2) is 7.67. The van der Waals surface area contributed by atoms with Crippen LogP contribution in [-0.4, -0.2) is 11.5 Å². The van der Waals surface area contributed by atoms with Crippen LogP contribution in [0.4, 0.5) is 0 Å². The third kappa shape index (κ3) is 4.51. The number of halogens is 1. The lowest BCUT2D eigenvalue weighted by atomic mass is 10.2. The summed E-state index contributed by atoms with van der Waals surface area (Å²) in [6.45, 7) is 5.19. The summed E-state index contributed by atoms with van der Waals surface area (Å²) < 4.78 is 0. The number of hydrogen-bond acceptors (Lipinski definition) is 3. The summed E-state index contributed by atoms with van der Waals surface area (Å²) in [7, 11) is 0.